The number of aromatic nitrogens is 1. The molecule has 2 atom stereocenters. The fourth-order valence-electron chi connectivity index (χ4n) is 1.08. The molecule has 3 nitrogen and oxygen atoms in total. The van der Waals surface area contributed by atoms with Crippen molar-refractivity contribution in [1.29, 1.82) is 0 Å². The van der Waals surface area contributed by atoms with Crippen molar-refractivity contribution in [1.82, 2.24) is 10.3 Å². The first-order valence-corrected chi connectivity index (χ1v) is 5.85. The Hall–Kier alpha value is -0.450. The largest absolute Gasteiger partial charge is 0.328 e. The second-order valence-electron chi connectivity index (χ2n) is 3.85. The van der Waals surface area contributed by atoms with E-state index in [9.17, 15) is 0 Å². The molecule has 2 unspecified atom stereocenters. The summed E-state index contributed by atoms with van der Waals surface area (Å²) < 4.78 is 0. The monoisotopic (exact) mass is 213 g/mol. The van der Waals surface area contributed by atoms with Crippen molar-refractivity contribution in [2.45, 2.75) is 33.4 Å². The van der Waals surface area contributed by atoms with Crippen molar-refractivity contribution < 1.29 is 0 Å². The molecule has 3 N–H and O–H groups in total. The Kier molecular flexibility index (Phi) is 4.51. The van der Waals surface area contributed by atoms with Gasteiger partial charge in [0.05, 0.1) is 0 Å². The van der Waals surface area contributed by atoms with Crippen molar-refractivity contribution in [3.05, 3.63) is 16.1 Å². The van der Waals surface area contributed by atoms with Gasteiger partial charge in [-0.25, -0.2) is 4.98 Å². The Labute approximate surface area is 89.7 Å². The lowest BCUT2D eigenvalue weighted by Crippen LogP contribution is -2.32. The van der Waals surface area contributed by atoms with Crippen molar-refractivity contribution >= 4 is 11.3 Å². The van der Waals surface area contributed by atoms with Crippen molar-refractivity contribution in [2.75, 3.05) is 6.54 Å². The molecule has 0 saturated heterocycles. The summed E-state index contributed by atoms with van der Waals surface area (Å²) in [5, 5.41) is 6.59. The quantitative estimate of drug-likeness (QED) is 0.780. The number of nitrogens with one attached hydrogen (secondary N) is 1. The molecule has 0 spiro atoms. The maximum Gasteiger partial charge on any atom is 0.107 e. The first-order chi connectivity index (χ1) is 6.59. The van der Waals surface area contributed by atoms with E-state index < -0.39 is 0 Å². The predicted octanol–water partition coefficient (Wildman–Crippen LogP) is 1.52. The van der Waals surface area contributed by atoms with Crippen LogP contribution in [0.4, 0.5) is 0 Å². The van der Waals surface area contributed by atoms with E-state index in [0.717, 1.165) is 23.8 Å². The van der Waals surface area contributed by atoms with E-state index in [1.165, 1.54) is 0 Å². The Morgan fingerprint density at radius 1 is 1.57 bits per heavy atom. The molecule has 0 aliphatic carbocycles. The fraction of sp³-hybridized carbons (Fsp3) is 0.700. The molecule has 0 radical (unpaired) electrons. The molecule has 0 aliphatic rings. The predicted molar refractivity (Wildman–Crippen MR) is 61.4 cm³/mol. The zero-order chi connectivity index (χ0) is 10.6. The van der Waals surface area contributed by atoms with Crippen LogP contribution in [0.3, 0.4) is 0 Å². The van der Waals surface area contributed by atoms with Crippen LogP contribution in [0, 0.1) is 12.8 Å². The minimum absolute atomic E-state index is 0.250. The third-order valence-corrected chi connectivity index (χ3v) is 3.27. The molecule has 1 heterocycles. The molecular formula is C10H19N3S. The van der Waals surface area contributed by atoms with Gasteiger partial charge in [0.25, 0.3) is 0 Å². The van der Waals surface area contributed by atoms with Gasteiger partial charge in [0.15, 0.2) is 0 Å². The van der Waals surface area contributed by atoms with Crippen molar-refractivity contribution in [3.63, 3.8) is 0 Å². The van der Waals surface area contributed by atoms with E-state index in [4.69, 9.17) is 5.73 Å². The van der Waals surface area contributed by atoms with E-state index in [1.807, 2.05) is 13.8 Å². The first kappa shape index (κ1) is 11.6. The zero-order valence-electron chi connectivity index (χ0n) is 9.08. The van der Waals surface area contributed by atoms with E-state index in [0.29, 0.717) is 5.92 Å². The van der Waals surface area contributed by atoms with Crippen LogP contribution >= 0.6 is 11.3 Å². The van der Waals surface area contributed by atoms with Gasteiger partial charge in [0.2, 0.25) is 0 Å². The van der Waals surface area contributed by atoms with Gasteiger partial charge in [-0.2, -0.15) is 0 Å². The normalized spacial score (nSPS) is 15.4. The summed E-state index contributed by atoms with van der Waals surface area (Å²) in [4.78, 5) is 4.38. The molecule has 0 aromatic carbocycles. The highest BCUT2D eigenvalue weighted by atomic mass is 32.1. The summed E-state index contributed by atoms with van der Waals surface area (Å²) in [6.45, 7) is 8.03. The van der Waals surface area contributed by atoms with E-state index in [2.05, 4.69) is 22.6 Å². The van der Waals surface area contributed by atoms with Gasteiger partial charge in [-0.15, -0.1) is 11.3 Å². The van der Waals surface area contributed by atoms with Crippen LogP contribution in [-0.4, -0.2) is 17.6 Å². The summed E-state index contributed by atoms with van der Waals surface area (Å²) in [5.41, 5.74) is 6.87. The van der Waals surface area contributed by atoms with Gasteiger partial charge < -0.3 is 11.1 Å². The summed E-state index contributed by atoms with van der Waals surface area (Å²) >= 11 is 1.70. The van der Waals surface area contributed by atoms with Gasteiger partial charge in [0, 0.05) is 23.7 Å². The smallest absolute Gasteiger partial charge is 0.107 e. The Morgan fingerprint density at radius 3 is 2.79 bits per heavy atom. The van der Waals surface area contributed by atoms with Crippen molar-refractivity contribution in [3.8, 4) is 0 Å². The maximum absolute atomic E-state index is 5.77. The lowest BCUT2D eigenvalue weighted by Gasteiger charge is -2.15. The first-order valence-electron chi connectivity index (χ1n) is 4.97. The Balaban J connectivity index is 2.22. The number of thiazole rings is 1. The third-order valence-electron chi connectivity index (χ3n) is 2.31. The average Bonchev–Trinajstić information content (AvgIpc) is 2.51. The summed E-state index contributed by atoms with van der Waals surface area (Å²) in [6.07, 6.45) is 0. The lowest BCUT2D eigenvalue weighted by atomic mass is 10.1. The van der Waals surface area contributed by atoms with Crippen LogP contribution in [0.5, 0.6) is 0 Å². The van der Waals surface area contributed by atoms with E-state index >= 15 is 0 Å². The highest BCUT2D eigenvalue weighted by molar-refractivity contribution is 7.09. The molecule has 0 bridgehead atoms. The molecule has 0 aliphatic heterocycles. The highest BCUT2D eigenvalue weighted by Crippen LogP contribution is 2.08. The van der Waals surface area contributed by atoms with Gasteiger partial charge in [-0.1, -0.05) is 6.92 Å². The Morgan fingerprint density at radius 2 is 2.29 bits per heavy atom. The lowest BCUT2D eigenvalue weighted by molar-refractivity contribution is 0.445. The summed E-state index contributed by atoms with van der Waals surface area (Å²) in [7, 11) is 0. The maximum atomic E-state index is 5.77. The molecule has 1 aromatic heterocycles. The van der Waals surface area contributed by atoms with Crippen molar-refractivity contribution in [2.24, 2.45) is 11.7 Å². The zero-order valence-corrected chi connectivity index (χ0v) is 9.90. The molecule has 80 valence electrons. The molecule has 14 heavy (non-hydrogen) atoms. The van der Waals surface area contributed by atoms with Crippen LogP contribution in [0.1, 0.15) is 24.5 Å². The third kappa shape index (κ3) is 3.74. The molecule has 0 saturated carbocycles. The number of nitrogens with zero attached hydrogens (tertiary/aromatic N) is 1. The minimum Gasteiger partial charge on any atom is -0.328 e. The average molecular weight is 213 g/mol. The minimum atomic E-state index is 0.250. The molecule has 1 rings (SSSR count). The van der Waals surface area contributed by atoms with Gasteiger partial charge in [-0.05, 0) is 26.3 Å². The molecule has 0 fully saturated rings. The fourth-order valence-corrected chi connectivity index (χ4v) is 1.82. The second-order valence-corrected chi connectivity index (χ2v) is 4.79. The topological polar surface area (TPSA) is 50.9 Å². The number of hydrogen-bond acceptors (Lipinski definition) is 4. The Bertz CT molecular complexity index is 270. The number of rotatable bonds is 5. The second kappa shape index (κ2) is 5.44. The van der Waals surface area contributed by atoms with Gasteiger partial charge in [0.1, 0.15) is 5.01 Å². The molecular weight excluding hydrogens is 194 g/mol. The SMILES string of the molecule is Cc1csc(CNCC(C)C(C)N)n1. The van der Waals surface area contributed by atoms with Gasteiger partial charge in [-0.3, -0.25) is 0 Å². The van der Waals surface area contributed by atoms with E-state index in [-0.39, 0.29) is 6.04 Å². The van der Waals surface area contributed by atoms with Crippen LogP contribution in [0.25, 0.3) is 0 Å². The number of nitrogens with two attached hydrogens (primary N) is 1. The summed E-state index contributed by atoms with van der Waals surface area (Å²) in [5.74, 6) is 0.510. The number of aryl methyl sites for hydroxylation is 1. The molecule has 1 aromatic rings. The standard InChI is InChI=1S/C10H19N3S/c1-7(9(3)11)4-12-5-10-13-8(2)6-14-10/h6-7,9,12H,4-5,11H2,1-3H3. The number of hydrogen-bond donors (Lipinski definition) is 2. The van der Waals surface area contributed by atoms with Crippen LogP contribution in [0.2, 0.25) is 0 Å². The van der Waals surface area contributed by atoms with Crippen LogP contribution < -0.4 is 11.1 Å². The highest BCUT2D eigenvalue weighted by Gasteiger charge is 2.06. The molecule has 0 amide bonds. The van der Waals surface area contributed by atoms with Gasteiger partial charge >= 0.3 is 0 Å². The van der Waals surface area contributed by atoms with E-state index in [1.54, 1.807) is 11.3 Å². The van der Waals surface area contributed by atoms with Crippen LogP contribution in [0.15, 0.2) is 5.38 Å². The van der Waals surface area contributed by atoms with Crippen LogP contribution in [-0.2, 0) is 6.54 Å². The molecule has 4 heteroatoms. The summed E-state index contributed by atoms with van der Waals surface area (Å²) in [6, 6.07) is 0.250.